The zero-order valence-electron chi connectivity index (χ0n) is 13.0. The van der Waals surface area contributed by atoms with Crippen LogP contribution in [0.5, 0.6) is 0 Å². The first kappa shape index (κ1) is 15.0. The van der Waals surface area contributed by atoms with Crippen molar-refractivity contribution in [3.05, 3.63) is 48.0 Å². The van der Waals surface area contributed by atoms with Crippen LogP contribution in [0.1, 0.15) is 18.9 Å². The fraction of sp³-hybridized carbons (Fsp3) is 0.389. The summed E-state index contributed by atoms with van der Waals surface area (Å²) in [5, 5.41) is 5.41. The monoisotopic (exact) mass is 297 g/mol. The zero-order valence-corrected chi connectivity index (χ0v) is 13.0. The molecule has 3 N–H and O–H groups in total. The Morgan fingerprint density at radius 1 is 1.27 bits per heavy atom. The van der Waals surface area contributed by atoms with Crippen LogP contribution in [-0.4, -0.2) is 36.0 Å². The van der Waals surface area contributed by atoms with Gasteiger partial charge in [-0.05, 0) is 29.7 Å². The van der Waals surface area contributed by atoms with E-state index in [-0.39, 0.29) is 18.0 Å². The van der Waals surface area contributed by atoms with Gasteiger partial charge in [-0.1, -0.05) is 42.5 Å². The number of fused-ring (bicyclic) bond motifs is 1. The van der Waals surface area contributed by atoms with Gasteiger partial charge in [-0.15, -0.1) is 0 Å². The van der Waals surface area contributed by atoms with Gasteiger partial charge in [0.25, 0.3) is 0 Å². The van der Waals surface area contributed by atoms with E-state index in [2.05, 4.69) is 52.7 Å². The third-order valence-electron chi connectivity index (χ3n) is 4.34. The molecule has 1 heterocycles. The first-order valence-electron chi connectivity index (χ1n) is 7.93. The molecule has 0 spiro atoms. The lowest BCUT2D eigenvalue weighted by molar-refractivity contribution is -0.125. The zero-order chi connectivity index (χ0) is 15.5. The lowest BCUT2D eigenvalue weighted by Gasteiger charge is -2.24. The third-order valence-corrected chi connectivity index (χ3v) is 4.34. The standard InChI is InChI=1S/C18H23N3O/c1-2-20-18(22)17-10-15(19)12-21(17)11-14-8-5-7-13-6-3-4-9-16(13)14/h3-9,15,17H,2,10-12,19H2,1H3,(H,20,22)/t15-,17+/m1/s1. The van der Waals surface area contributed by atoms with E-state index < -0.39 is 0 Å². The van der Waals surface area contributed by atoms with Gasteiger partial charge in [-0.3, -0.25) is 9.69 Å². The van der Waals surface area contributed by atoms with E-state index in [1.165, 1.54) is 16.3 Å². The summed E-state index contributed by atoms with van der Waals surface area (Å²) in [7, 11) is 0. The molecule has 0 aliphatic carbocycles. The Balaban J connectivity index is 1.85. The molecule has 116 valence electrons. The minimum Gasteiger partial charge on any atom is -0.355 e. The Hall–Kier alpha value is -1.91. The molecule has 1 fully saturated rings. The van der Waals surface area contributed by atoms with Gasteiger partial charge in [0.2, 0.25) is 5.91 Å². The number of carbonyl (C=O) groups excluding carboxylic acids is 1. The molecule has 0 bridgehead atoms. The number of likely N-dealkylation sites (tertiary alicyclic amines) is 1. The lowest BCUT2D eigenvalue weighted by Crippen LogP contribution is -2.42. The summed E-state index contributed by atoms with van der Waals surface area (Å²) in [6, 6.07) is 14.7. The number of nitrogens with one attached hydrogen (secondary N) is 1. The number of nitrogens with zero attached hydrogens (tertiary/aromatic N) is 1. The molecule has 1 amide bonds. The summed E-state index contributed by atoms with van der Waals surface area (Å²) in [6.07, 6.45) is 0.733. The highest BCUT2D eigenvalue weighted by Crippen LogP contribution is 2.24. The molecule has 4 heteroatoms. The van der Waals surface area contributed by atoms with Gasteiger partial charge in [-0.25, -0.2) is 0 Å². The molecule has 2 aromatic carbocycles. The van der Waals surface area contributed by atoms with Crippen LogP contribution in [-0.2, 0) is 11.3 Å². The largest absolute Gasteiger partial charge is 0.355 e. The number of likely N-dealkylation sites (N-methyl/N-ethyl adjacent to an activating group) is 1. The van der Waals surface area contributed by atoms with Crippen LogP contribution >= 0.6 is 0 Å². The quantitative estimate of drug-likeness (QED) is 0.906. The van der Waals surface area contributed by atoms with Gasteiger partial charge in [0, 0.05) is 25.7 Å². The lowest BCUT2D eigenvalue weighted by atomic mass is 10.0. The van der Waals surface area contributed by atoms with E-state index in [0.29, 0.717) is 6.54 Å². The van der Waals surface area contributed by atoms with Crippen molar-refractivity contribution in [1.29, 1.82) is 0 Å². The average molecular weight is 297 g/mol. The molecular weight excluding hydrogens is 274 g/mol. The number of hydrogen-bond donors (Lipinski definition) is 2. The number of rotatable bonds is 4. The number of benzene rings is 2. The normalized spacial score (nSPS) is 22.1. The Kier molecular flexibility index (Phi) is 4.41. The second kappa shape index (κ2) is 6.46. The van der Waals surface area contributed by atoms with Crippen molar-refractivity contribution in [3.63, 3.8) is 0 Å². The summed E-state index contributed by atoms with van der Waals surface area (Å²) in [5.74, 6) is 0.0932. The van der Waals surface area contributed by atoms with Crippen LogP contribution < -0.4 is 11.1 Å². The van der Waals surface area contributed by atoms with Crippen LogP contribution in [0, 0.1) is 0 Å². The molecule has 4 nitrogen and oxygen atoms in total. The van der Waals surface area contributed by atoms with Crippen LogP contribution in [0.15, 0.2) is 42.5 Å². The predicted octanol–water partition coefficient (Wildman–Crippen LogP) is 1.88. The summed E-state index contributed by atoms with van der Waals surface area (Å²) in [5.41, 5.74) is 7.35. The first-order chi connectivity index (χ1) is 10.7. The molecule has 0 unspecified atom stereocenters. The van der Waals surface area contributed by atoms with E-state index >= 15 is 0 Å². The van der Waals surface area contributed by atoms with E-state index in [0.717, 1.165) is 19.5 Å². The summed E-state index contributed by atoms with van der Waals surface area (Å²) >= 11 is 0. The Labute approximate surface area is 131 Å². The maximum absolute atomic E-state index is 12.2. The smallest absolute Gasteiger partial charge is 0.237 e. The second-order valence-electron chi connectivity index (χ2n) is 5.97. The van der Waals surface area contributed by atoms with E-state index in [9.17, 15) is 4.79 Å². The Morgan fingerprint density at radius 2 is 2.05 bits per heavy atom. The van der Waals surface area contributed by atoms with Crippen LogP contribution in [0.25, 0.3) is 10.8 Å². The van der Waals surface area contributed by atoms with Crippen molar-refractivity contribution in [2.75, 3.05) is 13.1 Å². The number of carbonyl (C=O) groups is 1. The molecule has 22 heavy (non-hydrogen) atoms. The predicted molar refractivity (Wildman–Crippen MR) is 89.4 cm³/mol. The summed E-state index contributed by atoms with van der Waals surface area (Å²) in [4.78, 5) is 14.5. The van der Waals surface area contributed by atoms with Gasteiger partial charge in [-0.2, -0.15) is 0 Å². The highest BCUT2D eigenvalue weighted by atomic mass is 16.2. The van der Waals surface area contributed by atoms with E-state index in [1.54, 1.807) is 0 Å². The summed E-state index contributed by atoms with van der Waals surface area (Å²) < 4.78 is 0. The SMILES string of the molecule is CCNC(=O)[C@@H]1C[C@@H](N)CN1Cc1cccc2ccccc12. The number of hydrogen-bond acceptors (Lipinski definition) is 3. The molecule has 1 aliphatic rings. The minimum absolute atomic E-state index is 0.0718. The van der Waals surface area contributed by atoms with Gasteiger partial charge >= 0.3 is 0 Å². The van der Waals surface area contributed by atoms with E-state index in [1.807, 2.05) is 6.92 Å². The van der Waals surface area contributed by atoms with Crippen LogP contribution in [0.3, 0.4) is 0 Å². The van der Waals surface area contributed by atoms with Crippen LogP contribution in [0.4, 0.5) is 0 Å². The first-order valence-corrected chi connectivity index (χ1v) is 7.93. The molecule has 3 rings (SSSR count). The molecule has 0 radical (unpaired) electrons. The second-order valence-corrected chi connectivity index (χ2v) is 5.97. The van der Waals surface area contributed by atoms with Crippen LogP contribution in [0.2, 0.25) is 0 Å². The molecule has 2 aromatic rings. The Bertz CT molecular complexity index is 665. The summed E-state index contributed by atoms with van der Waals surface area (Å²) in [6.45, 7) is 4.14. The molecule has 2 atom stereocenters. The van der Waals surface area contributed by atoms with Crippen molar-refractivity contribution in [1.82, 2.24) is 10.2 Å². The van der Waals surface area contributed by atoms with Gasteiger partial charge < -0.3 is 11.1 Å². The van der Waals surface area contributed by atoms with Crippen molar-refractivity contribution >= 4 is 16.7 Å². The maximum atomic E-state index is 12.2. The van der Waals surface area contributed by atoms with Gasteiger partial charge in [0.1, 0.15) is 0 Å². The van der Waals surface area contributed by atoms with Crippen molar-refractivity contribution in [3.8, 4) is 0 Å². The average Bonchev–Trinajstić information content (AvgIpc) is 2.89. The minimum atomic E-state index is -0.117. The fourth-order valence-corrected chi connectivity index (χ4v) is 3.33. The molecule has 0 saturated carbocycles. The highest BCUT2D eigenvalue weighted by molar-refractivity contribution is 5.86. The van der Waals surface area contributed by atoms with Gasteiger partial charge in [0.15, 0.2) is 0 Å². The number of amides is 1. The topological polar surface area (TPSA) is 58.4 Å². The maximum Gasteiger partial charge on any atom is 0.237 e. The highest BCUT2D eigenvalue weighted by Gasteiger charge is 2.34. The molecular formula is C18H23N3O. The molecule has 1 saturated heterocycles. The fourth-order valence-electron chi connectivity index (χ4n) is 3.33. The molecule has 0 aromatic heterocycles. The third kappa shape index (κ3) is 2.98. The number of nitrogens with two attached hydrogens (primary N) is 1. The van der Waals surface area contributed by atoms with Crippen molar-refractivity contribution in [2.24, 2.45) is 5.73 Å². The van der Waals surface area contributed by atoms with Crippen molar-refractivity contribution < 1.29 is 4.79 Å². The Morgan fingerprint density at radius 3 is 2.86 bits per heavy atom. The van der Waals surface area contributed by atoms with E-state index in [4.69, 9.17) is 5.73 Å². The van der Waals surface area contributed by atoms with Gasteiger partial charge in [0.05, 0.1) is 6.04 Å². The molecule has 1 aliphatic heterocycles. The van der Waals surface area contributed by atoms with Crippen molar-refractivity contribution in [2.45, 2.75) is 32.0 Å².